The number of benzene rings is 2. The molecule has 2 N–H and O–H groups in total. The Morgan fingerprint density at radius 1 is 1.10 bits per heavy atom. The van der Waals surface area contributed by atoms with E-state index in [1.165, 1.54) is 40.4 Å². The zero-order valence-corrected chi connectivity index (χ0v) is 24.1. The van der Waals surface area contributed by atoms with Gasteiger partial charge in [0, 0.05) is 31.1 Å². The first kappa shape index (κ1) is 27.0. The van der Waals surface area contributed by atoms with Crippen molar-refractivity contribution in [2.45, 2.75) is 69.1 Å². The van der Waals surface area contributed by atoms with Crippen molar-refractivity contribution >= 4 is 11.6 Å². The molecular formula is C33H38N6O3. The lowest BCUT2D eigenvalue weighted by Crippen LogP contribution is -2.50. The molecule has 9 heteroatoms. The summed E-state index contributed by atoms with van der Waals surface area (Å²) in [5, 5.41) is 19.3. The molecule has 7 rings (SSSR count). The van der Waals surface area contributed by atoms with E-state index in [2.05, 4.69) is 45.7 Å². The number of hydrogen-bond donors (Lipinski definition) is 2. The van der Waals surface area contributed by atoms with Crippen LogP contribution in [0.3, 0.4) is 0 Å². The van der Waals surface area contributed by atoms with E-state index < -0.39 is 5.60 Å². The minimum Gasteiger partial charge on any atom is -0.388 e. The number of piperidine rings is 1. The molecule has 4 aromatic rings. The van der Waals surface area contributed by atoms with Gasteiger partial charge in [-0.2, -0.15) is 5.10 Å². The average Bonchev–Trinajstić information content (AvgIpc) is 3.61. The maximum absolute atomic E-state index is 13.4. The van der Waals surface area contributed by atoms with Gasteiger partial charge in [-0.05, 0) is 80.2 Å². The fourth-order valence-corrected chi connectivity index (χ4v) is 6.91. The van der Waals surface area contributed by atoms with Crippen LogP contribution in [0.2, 0.25) is 0 Å². The zero-order valence-electron chi connectivity index (χ0n) is 24.1. The quantitative estimate of drug-likeness (QED) is 0.340. The number of rotatable bonds is 8. The summed E-state index contributed by atoms with van der Waals surface area (Å²) in [4.78, 5) is 33.0. The van der Waals surface area contributed by atoms with Crippen LogP contribution in [0.5, 0.6) is 0 Å². The molecule has 2 unspecified atom stereocenters. The van der Waals surface area contributed by atoms with E-state index in [-0.39, 0.29) is 29.6 Å². The van der Waals surface area contributed by atoms with Gasteiger partial charge in [0.1, 0.15) is 6.33 Å². The number of amides is 1. The number of nitrogens with one attached hydrogen (secondary N) is 1. The predicted octanol–water partition coefficient (Wildman–Crippen LogP) is 3.18. The molecular weight excluding hydrogens is 528 g/mol. The normalized spacial score (nSPS) is 20.5. The monoisotopic (exact) mass is 566 g/mol. The molecule has 9 nitrogen and oxygen atoms in total. The second kappa shape index (κ2) is 10.8. The molecule has 2 aromatic carbocycles. The number of likely N-dealkylation sites (N-methyl/N-ethyl adjacent to an activating group) is 1. The number of nitrogens with zero attached hydrogens (tertiary/aromatic N) is 5. The van der Waals surface area contributed by atoms with Gasteiger partial charge in [0.15, 0.2) is 0 Å². The fourth-order valence-electron chi connectivity index (χ4n) is 6.91. The molecule has 2 fully saturated rings. The molecule has 1 saturated carbocycles. The summed E-state index contributed by atoms with van der Waals surface area (Å²) in [6.07, 6.45) is 8.90. The Morgan fingerprint density at radius 3 is 2.60 bits per heavy atom. The van der Waals surface area contributed by atoms with Crippen molar-refractivity contribution in [2.24, 2.45) is 5.92 Å². The Balaban J connectivity index is 1.02. The molecule has 0 radical (unpaired) electrons. The van der Waals surface area contributed by atoms with Crippen molar-refractivity contribution < 1.29 is 9.90 Å². The Bertz CT molecular complexity index is 1670. The minimum absolute atomic E-state index is 0.124. The van der Waals surface area contributed by atoms with Crippen molar-refractivity contribution in [2.75, 3.05) is 20.1 Å². The third-order valence-electron chi connectivity index (χ3n) is 9.66. The summed E-state index contributed by atoms with van der Waals surface area (Å²) in [6.45, 7) is 1.08. The standard InChI is InChI=1S/C33H38N6O3/c1-34-27-16-24-9-10-25(15-26(24)17-27)29-19-35-31-32(41)38(21-36-39(29)31)20-33(42)11-13-37(14-12-33)30(40)18-28(23-7-8-23)22-5-3-2-4-6-22/h2-6,9-10,15,19,21,23,27-28,34,42H,7-8,11-14,16-18,20H2,1H3. The molecule has 42 heavy (non-hydrogen) atoms. The van der Waals surface area contributed by atoms with Gasteiger partial charge >= 0.3 is 0 Å². The van der Waals surface area contributed by atoms with Gasteiger partial charge in [0.2, 0.25) is 11.6 Å². The maximum atomic E-state index is 13.4. The molecule has 218 valence electrons. The van der Waals surface area contributed by atoms with Gasteiger partial charge in [-0.25, -0.2) is 9.50 Å². The van der Waals surface area contributed by atoms with Gasteiger partial charge in [0.25, 0.3) is 5.56 Å². The first-order valence-electron chi connectivity index (χ1n) is 15.2. The first-order chi connectivity index (χ1) is 20.4. The third kappa shape index (κ3) is 5.16. The van der Waals surface area contributed by atoms with Crippen LogP contribution >= 0.6 is 0 Å². The van der Waals surface area contributed by atoms with Gasteiger partial charge in [-0.3, -0.25) is 14.2 Å². The van der Waals surface area contributed by atoms with Crippen molar-refractivity contribution in [3.8, 4) is 11.3 Å². The molecule has 0 bridgehead atoms. The fraction of sp³-hybridized carbons (Fsp3) is 0.455. The predicted molar refractivity (Wildman–Crippen MR) is 160 cm³/mol. The van der Waals surface area contributed by atoms with Crippen molar-refractivity contribution in [1.82, 2.24) is 29.4 Å². The molecule has 1 amide bonds. The molecule has 0 spiro atoms. The largest absolute Gasteiger partial charge is 0.388 e. The number of carbonyl (C=O) groups excluding carboxylic acids is 1. The van der Waals surface area contributed by atoms with E-state index in [4.69, 9.17) is 0 Å². The summed E-state index contributed by atoms with van der Waals surface area (Å²) in [5.74, 6) is 0.998. The Labute approximate surface area is 245 Å². The number of carbonyl (C=O) groups is 1. The van der Waals surface area contributed by atoms with Crippen LogP contribution in [0.4, 0.5) is 0 Å². The summed E-state index contributed by atoms with van der Waals surface area (Å²) in [7, 11) is 1.99. The molecule has 1 saturated heterocycles. The number of fused-ring (bicyclic) bond motifs is 2. The Hall–Kier alpha value is -3.82. The second-order valence-electron chi connectivity index (χ2n) is 12.5. The average molecular weight is 567 g/mol. The summed E-state index contributed by atoms with van der Waals surface area (Å²) in [5.41, 5.74) is 4.52. The van der Waals surface area contributed by atoms with Crippen LogP contribution < -0.4 is 10.9 Å². The highest BCUT2D eigenvalue weighted by Gasteiger charge is 2.38. The second-order valence-corrected chi connectivity index (χ2v) is 12.5. The summed E-state index contributed by atoms with van der Waals surface area (Å²) in [6, 6.07) is 17.2. The SMILES string of the molecule is CNC1Cc2ccc(-c3cnc4c(=O)n(CC5(O)CCN(C(=O)CC(c6ccccc6)C6CC6)CC5)cnn34)cc2C1. The van der Waals surface area contributed by atoms with Gasteiger partial charge in [-0.15, -0.1) is 0 Å². The lowest BCUT2D eigenvalue weighted by molar-refractivity contribution is -0.136. The van der Waals surface area contributed by atoms with E-state index in [1.807, 2.05) is 30.1 Å². The number of aromatic nitrogens is 4. The van der Waals surface area contributed by atoms with Gasteiger partial charge in [-0.1, -0.05) is 42.5 Å². The van der Waals surface area contributed by atoms with Crippen molar-refractivity contribution in [3.63, 3.8) is 0 Å². The minimum atomic E-state index is -1.09. The van der Waals surface area contributed by atoms with Gasteiger partial charge in [0.05, 0.1) is 24.0 Å². The van der Waals surface area contributed by atoms with E-state index >= 15 is 0 Å². The summed E-state index contributed by atoms with van der Waals surface area (Å²) >= 11 is 0. The van der Waals surface area contributed by atoms with Crippen LogP contribution in [0.1, 0.15) is 54.7 Å². The lowest BCUT2D eigenvalue weighted by Gasteiger charge is -2.38. The number of aliphatic hydroxyl groups is 1. The number of imidazole rings is 1. The van der Waals surface area contributed by atoms with Crippen molar-refractivity contribution in [1.29, 1.82) is 0 Å². The van der Waals surface area contributed by atoms with Crippen LogP contribution in [0.15, 0.2) is 65.8 Å². The van der Waals surface area contributed by atoms with Crippen molar-refractivity contribution in [3.05, 3.63) is 88.1 Å². The highest BCUT2D eigenvalue weighted by molar-refractivity contribution is 5.77. The molecule has 2 aromatic heterocycles. The Morgan fingerprint density at radius 2 is 1.86 bits per heavy atom. The van der Waals surface area contributed by atoms with E-state index in [9.17, 15) is 14.7 Å². The van der Waals surface area contributed by atoms with E-state index in [0.717, 1.165) is 24.1 Å². The topological polar surface area (TPSA) is 105 Å². The molecule has 3 heterocycles. The smallest absolute Gasteiger partial charge is 0.296 e. The zero-order chi connectivity index (χ0) is 28.8. The van der Waals surface area contributed by atoms with E-state index in [0.29, 0.717) is 44.3 Å². The molecule has 1 aliphatic heterocycles. The highest BCUT2D eigenvalue weighted by atomic mass is 16.3. The molecule has 3 aliphatic rings. The maximum Gasteiger partial charge on any atom is 0.296 e. The van der Waals surface area contributed by atoms with Crippen LogP contribution in [0.25, 0.3) is 16.9 Å². The van der Waals surface area contributed by atoms with E-state index in [1.54, 1.807) is 10.7 Å². The van der Waals surface area contributed by atoms with Gasteiger partial charge < -0.3 is 15.3 Å². The molecule has 2 atom stereocenters. The van der Waals surface area contributed by atoms with Crippen LogP contribution in [-0.2, 0) is 24.2 Å². The highest BCUT2D eigenvalue weighted by Crippen LogP contribution is 2.45. The molecule has 2 aliphatic carbocycles. The van der Waals surface area contributed by atoms with Crippen LogP contribution in [-0.4, -0.2) is 66.9 Å². The first-order valence-corrected chi connectivity index (χ1v) is 15.2. The number of likely N-dealkylation sites (tertiary alicyclic amines) is 1. The number of hydrogen-bond acceptors (Lipinski definition) is 6. The summed E-state index contributed by atoms with van der Waals surface area (Å²) < 4.78 is 3.06. The third-order valence-corrected chi connectivity index (χ3v) is 9.66. The lowest BCUT2D eigenvalue weighted by atomic mass is 9.88. The Kier molecular flexibility index (Phi) is 6.94. The van der Waals surface area contributed by atoms with Crippen LogP contribution in [0, 0.1) is 5.92 Å².